The first-order chi connectivity index (χ1) is 43.6. The van der Waals surface area contributed by atoms with Gasteiger partial charge < -0.3 is 0 Å². The summed E-state index contributed by atoms with van der Waals surface area (Å²) < 4.78 is 0. The van der Waals surface area contributed by atoms with Crippen molar-refractivity contribution in [2.75, 3.05) is 0 Å². The Morgan fingerprint density at radius 3 is 0.716 bits per heavy atom. The first-order valence-corrected chi connectivity index (χ1v) is 29.0. The molecule has 0 amide bonds. The molecule has 16 rings (SSSR count). The van der Waals surface area contributed by atoms with E-state index in [1.165, 1.54) is 0 Å². The number of hydrogen-bond donors (Lipinski definition) is 0. The van der Waals surface area contributed by atoms with Gasteiger partial charge in [-0.3, -0.25) is 9.97 Å². The Morgan fingerprint density at radius 2 is 0.409 bits per heavy atom. The van der Waals surface area contributed by atoms with E-state index in [1.54, 1.807) is 0 Å². The van der Waals surface area contributed by atoms with Crippen molar-refractivity contribution in [1.82, 2.24) is 54.8 Å². The molecule has 0 spiro atoms. The van der Waals surface area contributed by atoms with Crippen molar-refractivity contribution >= 4 is 43.4 Å². The van der Waals surface area contributed by atoms with Crippen molar-refractivity contribution in [2.45, 2.75) is 0 Å². The van der Waals surface area contributed by atoms with E-state index in [4.69, 9.17) is 54.8 Å². The molecule has 0 radical (unpaired) electrons. The number of aromatic nitrogens is 11. The van der Waals surface area contributed by atoms with Crippen LogP contribution in [0.2, 0.25) is 0 Å². The molecule has 11 aromatic carbocycles. The Labute approximate surface area is 505 Å². The van der Waals surface area contributed by atoms with Crippen LogP contribution in [0.15, 0.2) is 285 Å². The summed E-state index contributed by atoms with van der Waals surface area (Å²) in [4.78, 5) is 56.1. The zero-order chi connectivity index (χ0) is 58.3. The lowest BCUT2D eigenvalue weighted by Gasteiger charge is -2.17. The van der Waals surface area contributed by atoms with E-state index in [-0.39, 0.29) is 0 Å². The first kappa shape index (κ1) is 51.4. The maximum absolute atomic E-state index is 5.46. The smallest absolute Gasteiger partial charge is 0.164 e. The molecule has 5 aromatic heterocycles. The Balaban J connectivity index is 0.896. The van der Waals surface area contributed by atoms with Gasteiger partial charge >= 0.3 is 0 Å². The number of benzene rings is 11. The van der Waals surface area contributed by atoms with Gasteiger partial charge in [-0.05, 0) is 86.3 Å². The van der Waals surface area contributed by atoms with E-state index < -0.39 is 0 Å². The fraction of sp³-hybridized carbons (Fsp3) is 0. The van der Waals surface area contributed by atoms with Crippen LogP contribution in [0, 0.1) is 0 Å². The van der Waals surface area contributed by atoms with Crippen molar-refractivity contribution in [3.8, 4) is 125 Å². The van der Waals surface area contributed by atoms with E-state index in [2.05, 4.69) is 91.0 Å². The van der Waals surface area contributed by atoms with Crippen LogP contribution in [0.3, 0.4) is 0 Å². The molecule has 410 valence electrons. The quantitative estimate of drug-likeness (QED) is 0.114. The number of nitrogens with zero attached hydrogens (tertiary/aromatic N) is 11. The largest absolute Gasteiger partial charge is 0.256 e. The second kappa shape index (κ2) is 22.1. The Bertz CT molecular complexity index is 4750. The van der Waals surface area contributed by atoms with Gasteiger partial charge in [0.05, 0.1) is 11.0 Å². The van der Waals surface area contributed by atoms with Crippen molar-refractivity contribution in [3.05, 3.63) is 285 Å². The highest BCUT2D eigenvalue weighted by atomic mass is 15.1. The van der Waals surface area contributed by atoms with Crippen LogP contribution in [0.25, 0.3) is 168 Å². The third kappa shape index (κ3) is 9.79. The summed E-state index contributed by atoms with van der Waals surface area (Å²) in [5, 5.41) is 6.43. The average Bonchev–Trinajstić information content (AvgIpc) is 1.16. The summed E-state index contributed by atoms with van der Waals surface area (Å²) in [6.07, 6.45) is 3.71. The molecular weight excluding hydrogens is 1080 g/mol. The van der Waals surface area contributed by atoms with Crippen LogP contribution in [0.1, 0.15) is 0 Å². The summed E-state index contributed by atoms with van der Waals surface area (Å²) >= 11 is 0. The van der Waals surface area contributed by atoms with Gasteiger partial charge in [0, 0.05) is 73.2 Å². The zero-order valence-corrected chi connectivity index (χ0v) is 47.1. The Kier molecular flexibility index (Phi) is 12.9. The molecule has 0 atom stereocenters. The van der Waals surface area contributed by atoms with Gasteiger partial charge in [-0.2, -0.15) is 0 Å². The van der Waals surface area contributed by atoms with Gasteiger partial charge in [0.15, 0.2) is 52.4 Å². The number of rotatable bonds is 11. The van der Waals surface area contributed by atoms with E-state index in [1.807, 2.05) is 194 Å². The highest BCUT2D eigenvalue weighted by Gasteiger charge is 2.22. The highest BCUT2D eigenvalue weighted by Crippen LogP contribution is 2.43. The third-order valence-corrected chi connectivity index (χ3v) is 15.9. The summed E-state index contributed by atoms with van der Waals surface area (Å²) in [6, 6.07) is 92.6. The van der Waals surface area contributed by atoms with Gasteiger partial charge in [0.1, 0.15) is 0 Å². The molecule has 0 saturated carbocycles. The molecule has 16 aromatic rings. The maximum atomic E-state index is 5.46. The zero-order valence-electron chi connectivity index (χ0n) is 47.1. The number of hydrogen-bond acceptors (Lipinski definition) is 11. The van der Waals surface area contributed by atoms with Gasteiger partial charge in [0.25, 0.3) is 0 Å². The summed E-state index contributed by atoms with van der Waals surface area (Å²) in [5.74, 6) is 4.84. The predicted octanol–water partition coefficient (Wildman–Crippen LogP) is 18.0. The molecule has 0 bridgehead atoms. The summed E-state index contributed by atoms with van der Waals surface area (Å²) in [7, 11) is 0. The maximum Gasteiger partial charge on any atom is 0.164 e. The molecule has 5 heterocycles. The van der Waals surface area contributed by atoms with Crippen molar-refractivity contribution in [3.63, 3.8) is 0 Å². The molecule has 88 heavy (non-hydrogen) atoms. The molecule has 11 heteroatoms. The minimum Gasteiger partial charge on any atom is -0.256 e. The Morgan fingerprint density at radius 1 is 0.170 bits per heavy atom. The van der Waals surface area contributed by atoms with Gasteiger partial charge in [-0.15, -0.1) is 0 Å². The molecule has 0 fully saturated rings. The van der Waals surface area contributed by atoms with Crippen LogP contribution >= 0.6 is 0 Å². The van der Waals surface area contributed by atoms with E-state index in [0.29, 0.717) is 52.4 Å². The second-order valence-electron chi connectivity index (χ2n) is 21.4. The molecule has 0 saturated heterocycles. The van der Waals surface area contributed by atoms with Crippen LogP contribution in [-0.2, 0) is 0 Å². The molecule has 0 N–H and O–H groups in total. The van der Waals surface area contributed by atoms with Crippen LogP contribution in [0.5, 0.6) is 0 Å². The number of fused-ring (bicyclic) bond motifs is 4. The molecular formula is C77H47N11. The minimum atomic E-state index is 0.477. The van der Waals surface area contributed by atoms with Gasteiger partial charge in [0.2, 0.25) is 0 Å². The Hall–Kier alpha value is -12.2. The van der Waals surface area contributed by atoms with Crippen LogP contribution in [-0.4, -0.2) is 54.8 Å². The monoisotopic (exact) mass is 1130 g/mol. The predicted molar refractivity (Wildman–Crippen MR) is 352 cm³/mol. The van der Waals surface area contributed by atoms with Crippen molar-refractivity contribution < 1.29 is 0 Å². The molecule has 11 nitrogen and oxygen atoms in total. The van der Waals surface area contributed by atoms with E-state index >= 15 is 0 Å². The molecule has 0 unspecified atom stereocenters. The summed E-state index contributed by atoms with van der Waals surface area (Å²) in [6.45, 7) is 0. The van der Waals surface area contributed by atoms with Crippen molar-refractivity contribution in [1.29, 1.82) is 0 Å². The molecule has 0 aliphatic rings. The number of pyridine rings is 2. The lowest BCUT2D eigenvalue weighted by molar-refractivity contribution is 1.07. The highest BCUT2D eigenvalue weighted by molar-refractivity contribution is 6.15. The van der Waals surface area contributed by atoms with Crippen molar-refractivity contribution in [2.24, 2.45) is 0 Å². The lowest BCUT2D eigenvalue weighted by Crippen LogP contribution is -2.02. The van der Waals surface area contributed by atoms with E-state index in [0.717, 1.165) is 116 Å². The van der Waals surface area contributed by atoms with Gasteiger partial charge in [-0.1, -0.05) is 231 Å². The fourth-order valence-electron chi connectivity index (χ4n) is 11.6. The molecule has 0 aliphatic heterocycles. The third-order valence-electron chi connectivity index (χ3n) is 15.9. The van der Waals surface area contributed by atoms with Crippen LogP contribution in [0.4, 0.5) is 0 Å². The lowest BCUT2D eigenvalue weighted by atomic mass is 9.88. The minimum absolute atomic E-state index is 0.477. The van der Waals surface area contributed by atoms with Gasteiger partial charge in [-0.25, -0.2) is 44.9 Å². The van der Waals surface area contributed by atoms with E-state index in [9.17, 15) is 0 Å². The average molecular weight is 1130 g/mol. The normalized spacial score (nSPS) is 11.4. The standard InChI is InChI=1S/C77H47N11/c1-5-19-48(20-6-1)69-80-70(49-21-7-2-8-22-49)83-73(82-69)52-33-37-54(38-34-52)75-86-76(55-39-35-53(36-40-55)74-84-71(50-23-9-3-10-24-50)81-72(85-74)51-25-11-4-12-26-51)88-77(87-75)60-44-58(67-61-29-15-13-27-56(61)46-65-63(67)31-17-41-78-65)43-59(45-60)68-62-30-16-14-28-57(62)47-66-64(68)32-18-42-79-66/h1-47H. The fourth-order valence-corrected chi connectivity index (χ4v) is 11.6. The topological polar surface area (TPSA) is 142 Å². The first-order valence-electron chi connectivity index (χ1n) is 29.0. The summed E-state index contributed by atoms with van der Waals surface area (Å²) in [5.41, 5.74) is 13.4. The molecule has 0 aliphatic carbocycles. The second-order valence-corrected chi connectivity index (χ2v) is 21.4. The van der Waals surface area contributed by atoms with Crippen LogP contribution < -0.4 is 0 Å². The SMILES string of the molecule is c1ccc(-c2nc(-c3ccccc3)nc(-c3ccc(-c4nc(-c5ccc(-c6nc(-c7ccccc7)nc(-c7ccccc7)n6)cc5)nc(-c5cc(-c6c7ccccc7cc7ncccc67)cc(-c6c7ccccc7cc7ncccc67)c5)n4)cc3)n2)cc1.